The lowest BCUT2D eigenvalue weighted by molar-refractivity contribution is 0.401. The summed E-state index contributed by atoms with van der Waals surface area (Å²) in [4.78, 5) is 4.62. The first kappa shape index (κ1) is 11.9. The maximum absolute atomic E-state index is 4.62. The Labute approximate surface area is 100 Å². The Balaban J connectivity index is 2.16. The molecule has 0 amide bonds. The molecule has 2 unspecified atom stereocenters. The lowest BCUT2D eigenvalue weighted by Gasteiger charge is -2.31. The molecule has 1 aliphatic carbocycles. The second-order valence-corrected chi connectivity index (χ2v) is 5.39. The minimum Gasteiger partial charge on any atom is -0.266 e. The van der Waals surface area contributed by atoms with Crippen LogP contribution in [0, 0.1) is 11.8 Å². The number of aliphatic imine (C=N–C) groups is 1. The van der Waals surface area contributed by atoms with E-state index in [1.807, 2.05) is 0 Å². The molecule has 1 saturated carbocycles. The summed E-state index contributed by atoms with van der Waals surface area (Å²) in [5.74, 6) is 1.58. The molecule has 0 bridgehead atoms. The number of nitrogens with zero attached hydrogens (tertiary/aromatic N) is 1. The van der Waals surface area contributed by atoms with E-state index in [9.17, 15) is 0 Å². The van der Waals surface area contributed by atoms with Crippen LogP contribution in [0.4, 0.5) is 0 Å². The molecular formula is C15H25N. The van der Waals surface area contributed by atoms with Crippen molar-refractivity contribution in [3.8, 4) is 0 Å². The van der Waals surface area contributed by atoms with Gasteiger partial charge in [-0.25, -0.2) is 0 Å². The van der Waals surface area contributed by atoms with Crippen LogP contribution in [0.15, 0.2) is 16.8 Å². The summed E-state index contributed by atoms with van der Waals surface area (Å²) in [6.45, 7) is 4.52. The molecule has 0 N–H and O–H groups in total. The highest BCUT2D eigenvalue weighted by atomic mass is 14.7. The number of hydrogen-bond acceptors (Lipinski definition) is 1. The molecule has 0 aromatic rings. The Hall–Kier alpha value is -0.590. The predicted octanol–water partition coefficient (Wildman–Crippen LogP) is 4.73. The zero-order chi connectivity index (χ0) is 11.4. The smallest absolute Gasteiger partial charge is 0.0262 e. The molecule has 1 fully saturated rings. The number of fused-ring (bicyclic) bond motifs is 1. The van der Waals surface area contributed by atoms with Gasteiger partial charge >= 0.3 is 0 Å². The SMILES string of the molecule is CCC1=CN=C(C)C2CCCCCCCC12. The molecule has 0 spiro atoms. The summed E-state index contributed by atoms with van der Waals surface area (Å²) in [7, 11) is 0. The molecule has 0 aromatic carbocycles. The molecule has 2 atom stereocenters. The van der Waals surface area contributed by atoms with E-state index in [1.165, 1.54) is 57.1 Å². The van der Waals surface area contributed by atoms with E-state index in [-0.39, 0.29) is 0 Å². The standard InChI is InChI=1S/C15H25N/c1-3-13-11-16-12(2)14-9-7-5-4-6-8-10-15(13)14/h11,14-15H,3-10H2,1-2H3. The van der Waals surface area contributed by atoms with E-state index < -0.39 is 0 Å². The van der Waals surface area contributed by atoms with Crippen LogP contribution in [0.5, 0.6) is 0 Å². The van der Waals surface area contributed by atoms with Gasteiger partial charge in [-0.3, -0.25) is 4.99 Å². The molecule has 1 aliphatic heterocycles. The fraction of sp³-hybridized carbons (Fsp3) is 0.800. The minimum atomic E-state index is 0.762. The Morgan fingerprint density at radius 3 is 2.38 bits per heavy atom. The van der Waals surface area contributed by atoms with Crippen LogP contribution >= 0.6 is 0 Å². The molecule has 1 nitrogen and oxygen atoms in total. The predicted molar refractivity (Wildman–Crippen MR) is 70.8 cm³/mol. The van der Waals surface area contributed by atoms with Gasteiger partial charge in [0, 0.05) is 17.8 Å². The fourth-order valence-electron chi connectivity index (χ4n) is 3.33. The highest BCUT2D eigenvalue weighted by Crippen LogP contribution is 2.37. The minimum absolute atomic E-state index is 0.762. The highest BCUT2D eigenvalue weighted by Gasteiger charge is 2.28. The van der Waals surface area contributed by atoms with E-state index >= 15 is 0 Å². The average molecular weight is 219 g/mol. The van der Waals surface area contributed by atoms with Gasteiger partial charge in [0.25, 0.3) is 0 Å². The van der Waals surface area contributed by atoms with E-state index in [4.69, 9.17) is 0 Å². The van der Waals surface area contributed by atoms with Gasteiger partial charge in [0.2, 0.25) is 0 Å². The van der Waals surface area contributed by atoms with E-state index in [0.29, 0.717) is 0 Å². The molecule has 2 rings (SSSR count). The molecule has 1 heterocycles. The lowest BCUT2D eigenvalue weighted by atomic mass is 9.76. The first-order valence-electron chi connectivity index (χ1n) is 7.06. The van der Waals surface area contributed by atoms with Crippen molar-refractivity contribution < 1.29 is 0 Å². The topological polar surface area (TPSA) is 12.4 Å². The number of rotatable bonds is 1. The van der Waals surface area contributed by atoms with Crippen LogP contribution in [-0.2, 0) is 0 Å². The first-order chi connectivity index (χ1) is 7.83. The Morgan fingerprint density at radius 1 is 1.06 bits per heavy atom. The van der Waals surface area contributed by atoms with Crippen LogP contribution in [0.1, 0.15) is 65.2 Å². The molecule has 90 valence electrons. The summed E-state index contributed by atoms with van der Waals surface area (Å²) in [6, 6.07) is 0. The van der Waals surface area contributed by atoms with Crippen LogP contribution in [0.3, 0.4) is 0 Å². The summed E-state index contributed by atoms with van der Waals surface area (Å²) in [5.41, 5.74) is 3.00. The van der Waals surface area contributed by atoms with Gasteiger partial charge in [-0.2, -0.15) is 0 Å². The van der Waals surface area contributed by atoms with Crippen molar-refractivity contribution in [2.45, 2.75) is 65.2 Å². The van der Waals surface area contributed by atoms with E-state index in [2.05, 4.69) is 25.0 Å². The van der Waals surface area contributed by atoms with E-state index in [0.717, 1.165) is 11.8 Å². The summed E-state index contributed by atoms with van der Waals surface area (Å²) >= 11 is 0. The normalized spacial score (nSPS) is 31.6. The average Bonchev–Trinajstić information content (AvgIpc) is 2.41. The van der Waals surface area contributed by atoms with Crippen LogP contribution in [0.2, 0.25) is 0 Å². The largest absolute Gasteiger partial charge is 0.266 e. The summed E-state index contributed by atoms with van der Waals surface area (Å²) < 4.78 is 0. The molecular weight excluding hydrogens is 194 g/mol. The van der Waals surface area contributed by atoms with Gasteiger partial charge in [0.05, 0.1) is 0 Å². The van der Waals surface area contributed by atoms with Crippen molar-refractivity contribution >= 4 is 5.71 Å². The maximum atomic E-state index is 4.62. The highest BCUT2D eigenvalue weighted by molar-refractivity contribution is 5.86. The van der Waals surface area contributed by atoms with E-state index in [1.54, 1.807) is 5.57 Å². The third kappa shape index (κ3) is 2.56. The van der Waals surface area contributed by atoms with Gasteiger partial charge in [-0.1, -0.05) is 39.0 Å². The maximum Gasteiger partial charge on any atom is 0.0262 e. The molecule has 0 aromatic heterocycles. The summed E-state index contributed by atoms with van der Waals surface area (Å²) in [5, 5.41) is 0. The van der Waals surface area contributed by atoms with Crippen molar-refractivity contribution in [3.05, 3.63) is 11.8 Å². The monoisotopic (exact) mass is 219 g/mol. The Kier molecular flexibility index (Phi) is 4.20. The second kappa shape index (κ2) is 5.65. The van der Waals surface area contributed by atoms with Crippen molar-refractivity contribution in [2.24, 2.45) is 16.8 Å². The third-order valence-electron chi connectivity index (χ3n) is 4.37. The molecule has 0 radical (unpaired) electrons. The fourth-order valence-corrected chi connectivity index (χ4v) is 3.33. The van der Waals surface area contributed by atoms with Crippen molar-refractivity contribution in [1.29, 1.82) is 0 Å². The van der Waals surface area contributed by atoms with Crippen LogP contribution < -0.4 is 0 Å². The third-order valence-corrected chi connectivity index (χ3v) is 4.37. The quantitative estimate of drug-likeness (QED) is 0.604. The molecule has 2 aliphatic rings. The summed E-state index contributed by atoms with van der Waals surface area (Å²) in [6.07, 6.45) is 13.3. The lowest BCUT2D eigenvalue weighted by Crippen LogP contribution is -2.26. The van der Waals surface area contributed by atoms with Crippen molar-refractivity contribution in [2.75, 3.05) is 0 Å². The number of hydrogen-bond donors (Lipinski definition) is 0. The molecule has 1 heteroatoms. The number of allylic oxidation sites excluding steroid dienone is 1. The zero-order valence-electron chi connectivity index (χ0n) is 10.8. The second-order valence-electron chi connectivity index (χ2n) is 5.39. The van der Waals surface area contributed by atoms with Gasteiger partial charge in [-0.05, 0) is 37.7 Å². The Morgan fingerprint density at radius 2 is 1.69 bits per heavy atom. The van der Waals surface area contributed by atoms with Gasteiger partial charge in [0.1, 0.15) is 0 Å². The van der Waals surface area contributed by atoms with Crippen LogP contribution in [0.25, 0.3) is 0 Å². The van der Waals surface area contributed by atoms with Gasteiger partial charge < -0.3 is 0 Å². The zero-order valence-corrected chi connectivity index (χ0v) is 10.8. The van der Waals surface area contributed by atoms with Crippen LogP contribution in [-0.4, -0.2) is 5.71 Å². The van der Waals surface area contributed by atoms with Crippen molar-refractivity contribution in [1.82, 2.24) is 0 Å². The van der Waals surface area contributed by atoms with Crippen molar-refractivity contribution in [3.63, 3.8) is 0 Å². The Bertz CT molecular complexity index is 288. The molecule has 0 saturated heterocycles. The van der Waals surface area contributed by atoms with Gasteiger partial charge in [-0.15, -0.1) is 0 Å². The van der Waals surface area contributed by atoms with Gasteiger partial charge in [0.15, 0.2) is 0 Å². The first-order valence-corrected chi connectivity index (χ1v) is 7.06. The molecule has 16 heavy (non-hydrogen) atoms.